The number of para-hydroxylation sites is 2. The van der Waals surface area contributed by atoms with Crippen molar-refractivity contribution in [3.63, 3.8) is 0 Å². The van der Waals surface area contributed by atoms with Gasteiger partial charge in [0.25, 0.3) is 11.4 Å². The van der Waals surface area contributed by atoms with E-state index in [0.29, 0.717) is 11.1 Å². The lowest BCUT2D eigenvalue weighted by molar-refractivity contribution is -0.385. The first-order valence-corrected chi connectivity index (χ1v) is 11.6. The van der Waals surface area contributed by atoms with E-state index in [1.54, 1.807) is 36.4 Å². The van der Waals surface area contributed by atoms with E-state index in [0.717, 1.165) is 0 Å². The zero-order valence-electron chi connectivity index (χ0n) is 16.7. The number of hydrogen-bond acceptors (Lipinski definition) is 7. The fourth-order valence-corrected chi connectivity index (χ4v) is 4.90. The Labute approximate surface area is 178 Å². The Balaban J connectivity index is 2.29. The zero-order chi connectivity index (χ0) is 21.6. The SMILES string of the molecule is CSC(OC(SC)C(C)c1ccccc1[N+](=O)[O-])C(C)c1ccccc1[N+](=O)[O-]. The number of nitrogens with zero attached hydrogens (tertiary/aromatic N) is 2. The lowest BCUT2D eigenvalue weighted by Gasteiger charge is -2.30. The second-order valence-corrected chi connectivity index (χ2v) is 8.43. The van der Waals surface area contributed by atoms with Crippen molar-refractivity contribution in [1.29, 1.82) is 0 Å². The smallest absolute Gasteiger partial charge is 0.272 e. The minimum Gasteiger partial charge on any atom is -0.352 e. The molecule has 0 amide bonds. The third-order valence-corrected chi connectivity index (χ3v) is 6.77. The van der Waals surface area contributed by atoms with Gasteiger partial charge in [0.1, 0.15) is 10.9 Å². The zero-order valence-corrected chi connectivity index (χ0v) is 18.3. The summed E-state index contributed by atoms with van der Waals surface area (Å²) in [6.07, 6.45) is 3.78. The lowest BCUT2D eigenvalue weighted by Crippen LogP contribution is -2.26. The van der Waals surface area contributed by atoms with Crippen LogP contribution in [0.15, 0.2) is 48.5 Å². The molecule has 0 heterocycles. The van der Waals surface area contributed by atoms with Gasteiger partial charge in [-0.3, -0.25) is 20.2 Å². The summed E-state index contributed by atoms with van der Waals surface area (Å²) in [5.41, 5.74) is 0.646. The second kappa shape index (κ2) is 10.6. The Hall–Kier alpha value is -2.10. The van der Waals surface area contributed by atoms with Crippen LogP contribution in [-0.4, -0.2) is 33.2 Å². The summed E-state index contributed by atoms with van der Waals surface area (Å²) in [6.45, 7) is 3.80. The van der Waals surface area contributed by atoms with Crippen LogP contribution in [0.2, 0.25) is 0 Å². The van der Waals surface area contributed by atoms with Gasteiger partial charge in [0.15, 0.2) is 0 Å². The van der Waals surface area contributed by atoms with Gasteiger partial charge in [0.05, 0.1) is 9.85 Å². The third-order valence-electron chi connectivity index (χ3n) is 4.80. The molecule has 0 aliphatic carbocycles. The second-order valence-electron chi connectivity index (χ2n) is 6.55. The van der Waals surface area contributed by atoms with E-state index in [4.69, 9.17) is 4.74 Å². The van der Waals surface area contributed by atoms with Crippen molar-refractivity contribution >= 4 is 34.9 Å². The summed E-state index contributed by atoms with van der Waals surface area (Å²) in [5.74, 6) is -0.474. The van der Waals surface area contributed by atoms with Crippen LogP contribution < -0.4 is 0 Å². The molecule has 7 nitrogen and oxygen atoms in total. The highest BCUT2D eigenvalue weighted by Crippen LogP contribution is 2.39. The number of thioether (sulfide) groups is 2. The molecule has 0 aromatic heterocycles. The molecule has 0 N–H and O–H groups in total. The predicted molar refractivity (Wildman–Crippen MR) is 119 cm³/mol. The van der Waals surface area contributed by atoms with Gasteiger partial charge in [-0.2, -0.15) is 0 Å². The largest absolute Gasteiger partial charge is 0.352 e. The molecule has 0 spiro atoms. The van der Waals surface area contributed by atoms with Crippen LogP contribution >= 0.6 is 23.5 Å². The van der Waals surface area contributed by atoms with E-state index < -0.39 is 0 Å². The van der Waals surface area contributed by atoms with E-state index >= 15 is 0 Å². The minimum absolute atomic E-state index is 0.0649. The van der Waals surface area contributed by atoms with Gasteiger partial charge in [-0.25, -0.2) is 0 Å². The summed E-state index contributed by atoms with van der Waals surface area (Å²) < 4.78 is 6.33. The molecule has 0 aliphatic rings. The van der Waals surface area contributed by atoms with E-state index in [1.165, 1.54) is 35.7 Å². The molecule has 0 radical (unpaired) electrons. The standard InChI is InChI=1S/C20H24N2O5S2/c1-13(15-9-5-7-11-17(15)21(23)24)19(28-3)27-20(29-4)14(2)16-10-6-8-12-18(16)22(25)26/h5-14,19-20H,1-4H3. The average molecular weight is 437 g/mol. The molecule has 0 saturated carbocycles. The van der Waals surface area contributed by atoms with E-state index in [1.807, 2.05) is 26.4 Å². The van der Waals surface area contributed by atoms with Gasteiger partial charge < -0.3 is 4.74 Å². The first kappa shape index (κ1) is 23.2. The summed E-state index contributed by atoms with van der Waals surface area (Å²) in [5, 5.41) is 22.8. The molecule has 29 heavy (non-hydrogen) atoms. The fourth-order valence-electron chi connectivity index (χ4n) is 3.26. The Morgan fingerprint density at radius 2 is 1.10 bits per heavy atom. The molecule has 2 rings (SSSR count). The van der Waals surface area contributed by atoms with Crippen molar-refractivity contribution in [2.45, 2.75) is 36.6 Å². The molecule has 156 valence electrons. The highest BCUT2D eigenvalue weighted by molar-refractivity contribution is 7.99. The van der Waals surface area contributed by atoms with Crippen LogP contribution in [0.5, 0.6) is 0 Å². The highest BCUT2D eigenvalue weighted by atomic mass is 32.2. The van der Waals surface area contributed by atoms with Gasteiger partial charge in [0.2, 0.25) is 0 Å². The molecule has 4 atom stereocenters. The maximum Gasteiger partial charge on any atom is 0.272 e. The Bertz CT molecular complexity index is 795. The number of rotatable bonds is 10. The van der Waals surface area contributed by atoms with Crippen LogP contribution in [0.1, 0.15) is 36.8 Å². The Kier molecular flexibility index (Phi) is 8.48. The molecule has 4 unspecified atom stereocenters. The molecule has 0 saturated heterocycles. The third kappa shape index (κ3) is 5.49. The number of hydrogen-bond donors (Lipinski definition) is 0. The fraction of sp³-hybridized carbons (Fsp3) is 0.400. The predicted octanol–water partition coefficient (Wildman–Crippen LogP) is 5.81. The molecule has 2 aromatic rings. The number of benzene rings is 2. The molecular formula is C20H24N2O5S2. The van der Waals surface area contributed by atoms with Gasteiger partial charge in [-0.1, -0.05) is 50.2 Å². The summed E-state index contributed by atoms with van der Waals surface area (Å²) in [4.78, 5) is 22.0. The monoisotopic (exact) mass is 436 g/mol. The lowest BCUT2D eigenvalue weighted by atomic mass is 9.98. The first-order chi connectivity index (χ1) is 13.8. The molecule has 0 aliphatic heterocycles. The van der Waals surface area contributed by atoms with Crippen LogP contribution in [0.25, 0.3) is 0 Å². The normalized spacial score (nSPS) is 15.3. The van der Waals surface area contributed by atoms with Crippen molar-refractivity contribution in [3.8, 4) is 0 Å². The summed E-state index contributed by atoms with van der Waals surface area (Å²) >= 11 is 2.94. The average Bonchev–Trinajstić information content (AvgIpc) is 2.73. The van der Waals surface area contributed by atoms with Gasteiger partial charge in [-0.05, 0) is 12.5 Å². The highest BCUT2D eigenvalue weighted by Gasteiger charge is 2.31. The van der Waals surface area contributed by atoms with Gasteiger partial charge in [0, 0.05) is 35.1 Å². The van der Waals surface area contributed by atoms with Crippen LogP contribution in [-0.2, 0) is 4.74 Å². The Morgan fingerprint density at radius 3 is 1.41 bits per heavy atom. The first-order valence-electron chi connectivity index (χ1n) is 8.99. The van der Waals surface area contributed by atoms with E-state index in [9.17, 15) is 20.2 Å². The van der Waals surface area contributed by atoms with E-state index in [-0.39, 0.29) is 43.9 Å². The Morgan fingerprint density at radius 1 is 0.759 bits per heavy atom. The summed E-state index contributed by atoms with van der Waals surface area (Å²) in [7, 11) is 0. The maximum atomic E-state index is 11.4. The number of nitro groups is 2. The topological polar surface area (TPSA) is 95.5 Å². The molecule has 2 aromatic carbocycles. The van der Waals surface area contributed by atoms with Crippen molar-refractivity contribution in [3.05, 3.63) is 79.9 Å². The van der Waals surface area contributed by atoms with E-state index in [2.05, 4.69) is 0 Å². The summed E-state index contributed by atoms with van der Waals surface area (Å²) in [6, 6.07) is 13.3. The van der Waals surface area contributed by atoms with Crippen LogP contribution in [0.4, 0.5) is 11.4 Å². The van der Waals surface area contributed by atoms with Gasteiger partial charge in [-0.15, -0.1) is 23.5 Å². The van der Waals surface area contributed by atoms with Crippen molar-refractivity contribution < 1.29 is 14.6 Å². The minimum atomic E-state index is -0.384. The number of ether oxygens (including phenoxy) is 1. The molecule has 0 fully saturated rings. The molecular weight excluding hydrogens is 412 g/mol. The molecule has 0 bridgehead atoms. The van der Waals surface area contributed by atoms with Crippen molar-refractivity contribution in [1.82, 2.24) is 0 Å². The number of nitro benzene ring substituents is 2. The van der Waals surface area contributed by atoms with Crippen molar-refractivity contribution in [2.24, 2.45) is 0 Å². The van der Waals surface area contributed by atoms with Crippen LogP contribution in [0, 0.1) is 20.2 Å². The molecule has 9 heteroatoms. The van der Waals surface area contributed by atoms with Crippen molar-refractivity contribution in [2.75, 3.05) is 12.5 Å². The maximum absolute atomic E-state index is 11.4. The quantitative estimate of drug-likeness (QED) is 0.264. The van der Waals surface area contributed by atoms with Crippen LogP contribution in [0.3, 0.4) is 0 Å². The van der Waals surface area contributed by atoms with Gasteiger partial charge >= 0.3 is 0 Å².